The van der Waals surface area contributed by atoms with E-state index in [0.717, 1.165) is 0 Å². The first-order chi connectivity index (χ1) is 9.22. The molecule has 1 aromatic carbocycles. The van der Waals surface area contributed by atoms with Crippen LogP contribution in [-0.4, -0.2) is 41.2 Å². The zero-order chi connectivity index (χ0) is 15.3. The normalized spacial score (nSPS) is 12.9. The summed E-state index contributed by atoms with van der Waals surface area (Å²) in [4.78, 5) is 13.9. The van der Waals surface area contributed by atoms with Crippen LogP contribution in [0.1, 0.15) is 27.2 Å². The molecule has 0 saturated heterocycles. The molecule has 1 rings (SSSR count). The minimum atomic E-state index is -0.971. The van der Waals surface area contributed by atoms with Crippen LogP contribution in [0.2, 0.25) is 5.02 Å². The molecule has 0 aliphatic carbocycles. The highest BCUT2D eigenvalue weighted by Gasteiger charge is 2.32. The predicted octanol–water partition coefficient (Wildman–Crippen LogP) is 2.73. The molecular weight excluding hydrogens is 278 g/mol. The second-order valence-electron chi connectivity index (χ2n) is 5.43. The third-order valence-corrected chi connectivity index (χ3v) is 3.18. The van der Waals surface area contributed by atoms with Crippen LogP contribution in [0.5, 0.6) is 5.75 Å². The van der Waals surface area contributed by atoms with Gasteiger partial charge in [0, 0.05) is 18.6 Å². The third kappa shape index (κ3) is 5.02. The van der Waals surface area contributed by atoms with E-state index in [-0.39, 0.29) is 5.91 Å². The number of aliphatic hydroxyl groups excluding tert-OH is 1. The first-order valence-corrected chi connectivity index (χ1v) is 6.98. The van der Waals surface area contributed by atoms with Gasteiger partial charge in [-0.05, 0) is 51.5 Å². The summed E-state index contributed by atoms with van der Waals surface area (Å²) in [6, 6.07) is 6.89. The lowest BCUT2D eigenvalue weighted by atomic mass is 10.1. The number of hydrogen-bond donors (Lipinski definition) is 1. The first-order valence-electron chi connectivity index (χ1n) is 6.60. The van der Waals surface area contributed by atoms with E-state index in [1.807, 2.05) is 0 Å². The molecule has 1 atom stereocenters. The number of amides is 1. The summed E-state index contributed by atoms with van der Waals surface area (Å²) >= 11 is 5.81. The highest BCUT2D eigenvalue weighted by molar-refractivity contribution is 6.30. The van der Waals surface area contributed by atoms with Gasteiger partial charge in [0.25, 0.3) is 5.91 Å². The Morgan fingerprint density at radius 3 is 2.45 bits per heavy atom. The summed E-state index contributed by atoms with van der Waals surface area (Å²) in [7, 11) is 1.71. The Morgan fingerprint density at radius 2 is 1.95 bits per heavy atom. The SMILES string of the molecule is CC(O)CCN(C)C(=O)C(C)(C)Oc1ccc(Cl)cc1. The van der Waals surface area contributed by atoms with Crippen molar-refractivity contribution in [1.29, 1.82) is 0 Å². The number of carbonyl (C=O) groups is 1. The maximum atomic E-state index is 12.3. The molecular formula is C15H22ClNO3. The van der Waals surface area contributed by atoms with Gasteiger partial charge in [0.15, 0.2) is 5.60 Å². The van der Waals surface area contributed by atoms with Crippen molar-refractivity contribution >= 4 is 17.5 Å². The second kappa shape index (κ2) is 6.95. The van der Waals surface area contributed by atoms with E-state index in [2.05, 4.69) is 0 Å². The summed E-state index contributed by atoms with van der Waals surface area (Å²) in [5.41, 5.74) is -0.971. The van der Waals surface area contributed by atoms with E-state index in [0.29, 0.717) is 23.7 Å². The highest BCUT2D eigenvalue weighted by atomic mass is 35.5. The van der Waals surface area contributed by atoms with Gasteiger partial charge in [-0.25, -0.2) is 0 Å². The maximum Gasteiger partial charge on any atom is 0.265 e. The van der Waals surface area contributed by atoms with E-state index in [4.69, 9.17) is 16.3 Å². The minimum Gasteiger partial charge on any atom is -0.478 e. The molecule has 0 bridgehead atoms. The molecule has 20 heavy (non-hydrogen) atoms. The van der Waals surface area contributed by atoms with Gasteiger partial charge in [0.2, 0.25) is 0 Å². The molecule has 112 valence electrons. The molecule has 0 radical (unpaired) electrons. The fourth-order valence-corrected chi connectivity index (χ4v) is 1.91. The molecule has 0 aliphatic rings. The van der Waals surface area contributed by atoms with Gasteiger partial charge in [-0.3, -0.25) is 4.79 Å². The number of benzene rings is 1. The van der Waals surface area contributed by atoms with Crippen molar-refractivity contribution in [2.45, 2.75) is 38.9 Å². The van der Waals surface area contributed by atoms with Crippen LogP contribution in [0.25, 0.3) is 0 Å². The van der Waals surface area contributed by atoms with Crippen LogP contribution in [0, 0.1) is 0 Å². The Hall–Kier alpha value is -1.26. The Kier molecular flexibility index (Phi) is 5.84. The summed E-state index contributed by atoms with van der Waals surface area (Å²) in [5.74, 6) is 0.463. The van der Waals surface area contributed by atoms with Crippen molar-refractivity contribution in [1.82, 2.24) is 4.90 Å². The smallest absolute Gasteiger partial charge is 0.265 e. The van der Waals surface area contributed by atoms with Gasteiger partial charge < -0.3 is 14.7 Å². The zero-order valence-electron chi connectivity index (χ0n) is 12.4. The molecule has 0 aromatic heterocycles. The number of hydrogen-bond acceptors (Lipinski definition) is 3. The summed E-state index contributed by atoms with van der Waals surface area (Å²) in [6.45, 7) is 5.64. The van der Waals surface area contributed by atoms with Crippen LogP contribution in [0.3, 0.4) is 0 Å². The number of carbonyl (C=O) groups excluding carboxylic acids is 1. The molecule has 0 saturated carbocycles. The fourth-order valence-electron chi connectivity index (χ4n) is 1.78. The van der Waals surface area contributed by atoms with Crippen molar-refractivity contribution in [3.63, 3.8) is 0 Å². The van der Waals surface area contributed by atoms with Crippen molar-refractivity contribution in [2.24, 2.45) is 0 Å². The lowest BCUT2D eigenvalue weighted by Crippen LogP contribution is -2.47. The molecule has 0 spiro atoms. The molecule has 0 heterocycles. The van der Waals surface area contributed by atoms with Crippen molar-refractivity contribution in [3.05, 3.63) is 29.3 Å². The average Bonchev–Trinajstić information content (AvgIpc) is 2.37. The quantitative estimate of drug-likeness (QED) is 0.878. The van der Waals surface area contributed by atoms with E-state index >= 15 is 0 Å². The molecule has 4 nitrogen and oxygen atoms in total. The standard InChI is InChI=1S/C15H22ClNO3/c1-11(18)9-10-17(4)14(19)15(2,3)20-13-7-5-12(16)6-8-13/h5-8,11,18H,9-10H2,1-4H3. The summed E-state index contributed by atoms with van der Waals surface area (Å²) in [5, 5.41) is 9.89. The van der Waals surface area contributed by atoms with Gasteiger partial charge in [0.05, 0.1) is 6.10 Å². The van der Waals surface area contributed by atoms with Gasteiger partial charge in [-0.2, -0.15) is 0 Å². The van der Waals surface area contributed by atoms with E-state index in [1.54, 1.807) is 57.0 Å². The second-order valence-corrected chi connectivity index (χ2v) is 5.87. The van der Waals surface area contributed by atoms with E-state index < -0.39 is 11.7 Å². The summed E-state index contributed by atoms with van der Waals surface area (Å²) < 4.78 is 5.73. The topological polar surface area (TPSA) is 49.8 Å². The largest absolute Gasteiger partial charge is 0.478 e. The molecule has 5 heteroatoms. The number of rotatable bonds is 6. The molecule has 1 amide bonds. The molecule has 1 N–H and O–H groups in total. The minimum absolute atomic E-state index is 0.131. The monoisotopic (exact) mass is 299 g/mol. The zero-order valence-corrected chi connectivity index (χ0v) is 13.1. The van der Waals surface area contributed by atoms with Crippen LogP contribution in [-0.2, 0) is 4.79 Å². The van der Waals surface area contributed by atoms with Crippen LogP contribution >= 0.6 is 11.6 Å². The highest BCUT2D eigenvalue weighted by Crippen LogP contribution is 2.22. The Balaban J connectivity index is 2.66. The first kappa shape index (κ1) is 16.8. The molecule has 0 aliphatic heterocycles. The van der Waals surface area contributed by atoms with Crippen LogP contribution < -0.4 is 4.74 Å². The van der Waals surface area contributed by atoms with Gasteiger partial charge in [-0.1, -0.05) is 11.6 Å². The van der Waals surface area contributed by atoms with Gasteiger partial charge in [0.1, 0.15) is 5.75 Å². The molecule has 1 unspecified atom stereocenters. The maximum absolute atomic E-state index is 12.3. The number of halogens is 1. The average molecular weight is 300 g/mol. The lowest BCUT2D eigenvalue weighted by Gasteiger charge is -2.30. The number of likely N-dealkylation sites (N-methyl/N-ethyl adjacent to an activating group) is 1. The molecule has 0 fully saturated rings. The van der Waals surface area contributed by atoms with Crippen molar-refractivity contribution in [2.75, 3.05) is 13.6 Å². The van der Waals surface area contributed by atoms with Gasteiger partial charge in [-0.15, -0.1) is 0 Å². The van der Waals surface area contributed by atoms with Crippen LogP contribution in [0.4, 0.5) is 0 Å². The van der Waals surface area contributed by atoms with Gasteiger partial charge >= 0.3 is 0 Å². The lowest BCUT2D eigenvalue weighted by molar-refractivity contribution is -0.144. The number of aliphatic hydroxyl groups is 1. The predicted molar refractivity (Wildman–Crippen MR) is 80.1 cm³/mol. The van der Waals surface area contributed by atoms with Crippen molar-refractivity contribution in [3.8, 4) is 5.75 Å². The van der Waals surface area contributed by atoms with E-state index in [1.165, 1.54) is 0 Å². The van der Waals surface area contributed by atoms with E-state index in [9.17, 15) is 9.90 Å². The molecule has 1 aromatic rings. The Labute approximate surface area is 125 Å². The van der Waals surface area contributed by atoms with Crippen LogP contribution in [0.15, 0.2) is 24.3 Å². The van der Waals surface area contributed by atoms with Crippen molar-refractivity contribution < 1.29 is 14.6 Å². The summed E-state index contributed by atoms with van der Waals surface area (Å²) in [6.07, 6.45) is 0.116. The fraction of sp³-hybridized carbons (Fsp3) is 0.533. The number of nitrogens with zero attached hydrogens (tertiary/aromatic N) is 1. The Morgan fingerprint density at radius 1 is 1.40 bits per heavy atom. The Bertz CT molecular complexity index is 443. The third-order valence-electron chi connectivity index (χ3n) is 2.93. The number of ether oxygens (including phenoxy) is 1.